The lowest BCUT2D eigenvalue weighted by atomic mass is 10.1. The highest BCUT2D eigenvalue weighted by molar-refractivity contribution is 7.89. The Balaban J connectivity index is 1.47. The monoisotopic (exact) mass is 454 g/mol. The Morgan fingerprint density at radius 3 is 2.41 bits per heavy atom. The zero-order valence-electron chi connectivity index (χ0n) is 18.1. The van der Waals surface area contributed by atoms with Crippen molar-refractivity contribution in [3.63, 3.8) is 0 Å². The van der Waals surface area contributed by atoms with E-state index in [2.05, 4.69) is 10.7 Å². The van der Waals surface area contributed by atoms with Gasteiger partial charge < -0.3 is 5.32 Å². The first-order valence-electron chi connectivity index (χ1n) is 10.5. The van der Waals surface area contributed by atoms with Crippen LogP contribution in [0.5, 0.6) is 0 Å². The van der Waals surface area contributed by atoms with Gasteiger partial charge in [0.2, 0.25) is 15.9 Å². The molecule has 0 spiro atoms. The van der Waals surface area contributed by atoms with Gasteiger partial charge in [0.15, 0.2) is 0 Å². The standard InChI is InChI=1S/C23H26N4O4S/c1-16-5-6-17(2)21(15-16)27-22(28)12-11-20(25-27)23(29)24-18-7-9-19(10-8-18)32(30,31)26-13-3-4-14-26/h5-11,15,25H,3-4,12-14H2,1-2H3,(H,24,29). The summed E-state index contributed by atoms with van der Waals surface area (Å²) in [6.45, 7) is 4.92. The van der Waals surface area contributed by atoms with Gasteiger partial charge in [-0.1, -0.05) is 12.1 Å². The molecule has 2 aliphatic rings. The number of amides is 2. The molecule has 0 saturated carbocycles. The van der Waals surface area contributed by atoms with Crippen LogP contribution < -0.4 is 15.8 Å². The first-order valence-corrected chi connectivity index (χ1v) is 12.0. The number of carbonyl (C=O) groups is 2. The third kappa shape index (κ3) is 4.39. The fourth-order valence-corrected chi connectivity index (χ4v) is 5.31. The molecule has 0 aliphatic carbocycles. The molecule has 0 aromatic heterocycles. The normalized spacial score (nSPS) is 17.1. The minimum Gasteiger partial charge on any atom is -0.321 e. The largest absolute Gasteiger partial charge is 0.321 e. The maximum absolute atomic E-state index is 12.8. The predicted molar refractivity (Wildman–Crippen MR) is 122 cm³/mol. The second-order valence-corrected chi connectivity index (χ2v) is 9.98. The van der Waals surface area contributed by atoms with Gasteiger partial charge in [-0.2, -0.15) is 4.31 Å². The molecule has 168 valence electrons. The summed E-state index contributed by atoms with van der Waals surface area (Å²) in [4.78, 5) is 25.4. The summed E-state index contributed by atoms with van der Waals surface area (Å²) in [6.07, 6.45) is 3.38. The number of nitrogens with zero attached hydrogens (tertiary/aromatic N) is 2. The van der Waals surface area contributed by atoms with Crippen molar-refractivity contribution in [3.8, 4) is 0 Å². The molecule has 4 rings (SSSR count). The molecule has 0 unspecified atom stereocenters. The fourth-order valence-electron chi connectivity index (χ4n) is 3.79. The van der Waals surface area contributed by atoms with Crippen LogP contribution in [0.2, 0.25) is 0 Å². The summed E-state index contributed by atoms with van der Waals surface area (Å²) >= 11 is 0. The van der Waals surface area contributed by atoms with Crippen LogP contribution in [-0.4, -0.2) is 37.6 Å². The Bertz CT molecular complexity index is 1180. The van der Waals surface area contributed by atoms with Crippen LogP contribution >= 0.6 is 0 Å². The molecule has 2 N–H and O–H groups in total. The molecule has 32 heavy (non-hydrogen) atoms. The minimum absolute atomic E-state index is 0.0934. The van der Waals surface area contributed by atoms with E-state index >= 15 is 0 Å². The van der Waals surface area contributed by atoms with Crippen molar-refractivity contribution in [1.29, 1.82) is 0 Å². The lowest BCUT2D eigenvalue weighted by molar-refractivity contribution is -0.119. The molecular formula is C23H26N4O4S. The molecule has 1 fully saturated rings. The van der Waals surface area contributed by atoms with E-state index in [9.17, 15) is 18.0 Å². The smallest absolute Gasteiger partial charge is 0.273 e. The van der Waals surface area contributed by atoms with Gasteiger partial charge in [0.25, 0.3) is 5.91 Å². The molecule has 2 aliphatic heterocycles. The highest BCUT2D eigenvalue weighted by Crippen LogP contribution is 2.25. The van der Waals surface area contributed by atoms with Gasteiger partial charge in [-0.25, -0.2) is 13.4 Å². The van der Waals surface area contributed by atoms with E-state index in [1.54, 1.807) is 18.2 Å². The Labute approximate surface area is 187 Å². The van der Waals surface area contributed by atoms with Gasteiger partial charge in [-0.3, -0.25) is 15.0 Å². The summed E-state index contributed by atoms with van der Waals surface area (Å²) in [6, 6.07) is 11.9. The van der Waals surface area contributed by atoms with E-state index in [1.807, 2.05) is 32.0 Å². The van der Waals surface area contributed by atoms with Crippen LogP contribution in [0.15, 0.2) is 59.1 Å². The average Bonchev–Trinajstić information content (AvgIpc) is 3.32. The van der Waals surface area contributed by atoms with Gasteiger partial charge in [0, 0.05) is 25.2 Å². The minimum atomic E-state index is -3.50. The number of aryl methyl sites for hydroxylation is 2. The van der Waals surface area contributed by atoms with Crippen molar-refractivity contribution in [2.75, 3.05) is 23.4 Å². The van der Waals surface area contributed by atoms with E-state index in [-0.39, 0.29) is 22.9 Å². The molecule has 0 atom stereocenters. The Hall–Kier alpha value is -3.17. The molecule has 1 saturated heterocycles. The number of hydrogen-bond donors (Lipinski definition) is 2. The number of rotatable bonds is 5. The van der Waals surface area contributed by atoms with Crippen LogP contribution in [0.4, 0.5) is 11.4 Å². The molecule has 8 nitrogen and oxygen atoms in total. The maximum atomic E-state index is 12.8. The van der Waals surface area contributed by atoms with E-state index in [0.717, 1.165) is 24.0 Å². The Morgan fingerprint density at radius 2 is 1.72 bits per heavy atom. The van der Waals surface area contributed by atoms with Gasteiger partial charge in [-0.05, 0) is 74.2 Å². The number of anilines is 2. The Morgan fingerprint density at radius 1 is 1.03 bits per heavy atom. The fraction of sp³-hybridized carbons (Fsp3) is 0.304. The molecule has 2 aromatic carbocycles. The number of hydrazine groups is 1. The average molecular weight is 455 g/mol. The number of hydrogen-bond acceptors (Lipinski definition) is 5. The van der Waals surface area contributed by atoms with Gasteiger partial charge in [0.05, 0.1) is 10.6 Å². The van der Waals surface area contributed by atoms with Crippen LogP contribution in [0, 0.1) is 13.8 Å². The molecule has 2 aromatic rings. The summed E-state index contributed by atoms with van der Waals surface area (Å²) in [5, 5.41) is 4.15. The number of nitrogens with one attached hydrogen (secondary N) is 2. The van der Waals surface area contributed by atoms with Gasteiger partial charge in [0.1, 0.15) is 5.70 Å². The quantitative estimate of drug-likeness (QED) is 0.724. The number of sulfonamides is 1. The van der Waals surface area contributed by atoms with Crippen molar-refractivity contribution in [2.45, 2.75) is 38.0 Å². The summed E-state index contributed by atoms with van der Waals surface area (Å²) in [5.41, 5.74) is 6.24. The lowest BCUT2D eigenvalue weighted by Crippen LogP contribution is -2.48. The Kier molecular flexibility index (Phi) is 6.03. The summed E-state index contributed by atoms with van der Waals surface area (Å²) in [7, 11) is -3.50. The van der Waals surface area contributed by atoms with Gasteiger partial charge in [-0.15, -0.1) is 0 Å². The van der Waals surface area contributed by atoms with Crippen molar-refractivity contribution < 1.29 is 18.0 Å². The van der Waals surface area contributed by atoms with Crippen molar-refractivity contribution in [3.05, 3.63) is 65.4 Å². The summed E-state index contributed by atoms with van der Waals surface area (Å²) in [5.74, 6) is -0.574. The number of carbonyl (C=O) groups excluding carboxylic acids is 2. The van der Waals surface area contributed by atoms with Crippen LogP contribution in [0.1, 0.15) is 30.4 Å². The van der Waals surface area contributed by atoms with E-state index in [4.69, 9.17) is 0 Å². The number of benzene rings is 2. The molecule has 0 radical (unpaired) electrons. The van der Waals surface area contributed by atoms with E-state index < -0.39 is 15.9 Å². The maximum Gasteiger partial charge on any atom is 0.273 e. The lowest BCUT2D eigenvalue weighted by Gasteiger charge is -2.30. The molecule has 2 heterocycles. The third-order valence-electron chi connectivity index (χ3n) is 5.63. The molecule has 2 amide bonds. The zero-order chi connectivity index (χ0) is 22.9. The van der Waals surface area contributed by atoms with Crippen molar-refractivity contribution in [2.24, 2.45) is 0 Å². The van der Waals surface area contributed by atoms with Crippen LogP contribution in [0.3, 0.4) is 0 Å². The molecule has 9 heteroatoms. The van der Waals surface area contributed by atoms with Crippen LogP contribution in [-0.2, 0) is 19.6 Å². The SMILES string of the molecule is Cc1ccc(C)c(N2NC(C(=O)Nc3ccc(S(=O)(=O)N4CCCC4)cc3)=CCC2=O)c1. The molecular weight excluding hydrogens is 428 g/mol. The second-order valence-electron chi connectivity index (χ2n) is 8.04. The second kappa shape index (κ2) is 8.76. The topological polar surface area (TPSA) is 98.8 Å². The van der Waals surface area contributed by atoms with E-state index in [0.29, 0.717) is 24.5 Å². The highest BCUT2D eigenvalue weighted by atomic mass is 32.2. The third-order valence-corrected chi connectivity index (χ3v) is 7.54. The van der Waals surface area contributed by atoms with Crippen LogP contribution in [0.25, 0.3) is 0 Å². The zero-order valence-corrected chi connectivity index (χ0v) is 18.9. The van der Waals surface area contributed by atoms with Crippen molar-refractivity contribution in [1.82, 2.24) is 9.73 Å². The highest BCUT2D eigenvalue weighted by Gasteiger charge is 2.28. The first kappa shape index (κ1) is 22.0. The summed E-state index contributed by atoms with van der Waals surface area (Å²) < 4.78 is 26.8. The predicted octanol–water partition coefficient (Wildman–Crippen LogP) is 2.85. The molecule has 0 bridgehead atoms. The van der Waals surface area contributed by atoms with Gasteiger partial charge >= 0.3 is 0 Å². The van der Waals surface area contributed by atoms with E-state index in [1.165, 1.54) is 21.4 Å². The first-order chi connectivity index (χ1) is 15.3. The van der Waals surface area contributed by atoms with Crippen molar-refractivity contribution >= 4 is 33.2 Å².